The maximum Gasteiger partial charge on any atom is 0.338 e. The largest absolute Gasteiger partial charge is 0.461 e. The average molecular weight is 364 g/mol. The number of halogens is 1. The van der Waals surface area contributed by atoms with Crippen molar-refractivity contribution in [2.45, 2.75) is 16.6 Å². The highest BCUT2D eigenvalue weighted by atomic mass is 79.9. The van der Waals surface area contributed by atoms with Crippen LogP contribution in [0.3, 0.4) is 0 Å². The van der Waals surface area contributed by atoms with Crippen molar-refractivity contribution in [2.24, 2.45) is 0 Å². The Kier molecular flexibility index (Phi) is 4.22. The van der Waals surface area contributed by atoms with E-state index in [1.807, 2.05) is 12.1 Å². The van der Waals surface area contributed by atoms with Crippen molar-refractivity contribution in [2.75, 3.05) is 12.3 Å². The number of esters is 1. The Morgan fingerprint density at radius 3 is 2.90 bits per heavy atom. The minimum Gasteiger partial charge on any atom is -0.461 e. The number of anilines is 1. The summed E-state index contributed by atoms with van der Waals surface area (Å²) in [4.78, 5) is 13.4. The number of thioether (sulfide) groups is 1. The predicted molar refractivity (Wildman–Crippen MR) is 88.6 cm³/mol. The molecule has 0 bridgehead atoms. The third kappa shape index (κ3) is 3.41. The van der Waals surface area contributed by atoms with Crippen molar-refractivity contribution in [1.29, 1.82) is 0 Å². The first kappa shape index (κ1) is 14.5. The molecular formula is C16H14BrNO2S. The fourth-order valence-electron chi connectivity index (χ4n) is 2.33. The number of hydrogen-bond donors (Lipinski definition) is 1. The average Bonchev–Trinajstić information content (AvgIpc) is 2.86. The van der Waals surface area contributed by atoms with Crippen LogP contribution in [0.1, 0.15) is 15.9 Å². The number of fused-ring (bicyclic) bond motifs is 1. The first-order chi connectivity index (χ1) is 10.1. The standard InChI is InChI=1S/C16H14BrNO2S/c17-12-5-11(6-13(18)8-12)16(19)20-9-14-7-10-3-1-2-4-15(10)21-14/h1-6,8,14H,7,9,18H2. The van der Waals surface area contributed by atoms with Crippen LogP contribution in [-0.4, -0.2) is 17.8 Å². The van der Waals surface area contributed by atoms with E-state index < -0.39 is 0 Å². The molecule has 0 fully saturated rings. The number of nitrogen functional groups attached to an aromatic ring is 1. The number of nitrogens with two attached hydrogens (primary N) is 1. The quantitative estimate of drug-likeness (QED) is 0.663. The lowest BCUT2D eigenvalue weighted by atomic mass is 10.1. The second-order valence-corrected chi connectivity index (χ2v) is 7.18. The van der Waals surface area contributed by atoms with E-state index >= 15 is 0 Å². The lowest BCUT2D eigenvalue weighted by Crippen LogP contribution is -2.15. The van der Waals surface area contributed by atoms with E-state index in [1.54, 1.807) is 30.0 Å². The molecule has 1 heterocycles. The molecule has 1 aliphatic rings. The monoisotopic (exact) mass is 363 g/mol. The van der Waals surface area contributed by atoms with E-state index in [1.165, 1.54) is 10.5 Å². The summed E-state index contributed by atoms with van der Waals surface area (Å²) in [5, 5.41) is 0.288. The first-order valence-electron chi connectivity index (χ1n) is 6.59. The van der Waals surface area contributed by atoms with Crippen molar-refractivity contribution in [3.05, 3.63) is 58.1 Å². The topological polar surface area (TPSA) is 52.3 Å². The molecule has 0 aromatic heterocycles. The van der Waals surface area contributed by atoms with Crippen molar-refractivity contribution < 1.29 is 9.53 Å². The molecule has 0 amide bonds. The predicted octanol–water partition coefficient (Wildman–Crippen LogP) is 3.91. The lowest BCUT2D eigenvalue weighted by molar-refractivity contribution is 0.0507. The highest BCUT2D eigenvalue weighted by Crippen LogP contribution is 2.36. The van der Waals surface area contributed by atoms with Gasteiger partial charge in [0.15, 0.2) is 0 Å². The van der Waals surface area contributed by atoms with Crippen LogP contribution in [0.25, 0.3) is 0 Å². The Morgan fingerprint density at radius 2 is 2.14 bits per heavy atom. The van der Waals surface area contributed by atoms with Crippen LogP contribution in [-0.2, 0) is 11.2 Å². The number of carbonyl (C=O) groups is 1. The normalized spacial score (nSPS) is 16.5. The van der Waals surface area contributed by atoms with Gasteiger partial charge in [-0.25, -0.2) is 4.79 Å². The molecule has 1 unspecified atom stereocenters. The highest BCUT2D eigenvalue weighted by molar-refractivity contribution is 9.10. The summed E-state index contributed by atoms with van der Waals surface area (Å²) in [6.07, 6.45) is 0.939. The van der Waals surface area contributed by atoms with Gasteiger partial charge in [0.05, 0.1) is 5.56 Å². The van der Waals surface area contributed by atoms with Crippen LogP contribution in [0.2, 0.25) is 0 Å². The van der Waals surface area contributed by atoms with Gasteiger partial charge in [0.1, 0.15) is 6.61 Å². The zero-order valence-electron chi connectivity index (χ0n) is 11.2. The van der Waals surface area contributed by atoms with Gasteiger partial charge in [0, 0.05) is 20.3 Å². The summed E-state index contributed by atoms with van der Waals surface area (Å²) in [6, 6.07) is 13.4. The summed E-state index contributed by atoms with van der Waals surface area (Å²) >= 11 is 5.09. The molecule has 0 saturated carbocycles. The van der Waals surface area contributed by atoms with Gasteiger partial charge in [0.25, 0.3) is 0 Å². The van der Waals surface area contributed by atoms with Crippen molar-refractivity contribution in [1.82, 2.24) is 0 Å². The lowest BCUT2D eigenvalue weighted by Gasteiger charge is -2.10. The van der Waals surface area contributed by atoms with Gasteiger partial charge in [-0.15, -0.1) is 11.8 Å². The van der Waals surface area contributed by atoms with E-state index in [-0.39, 0.29) is 11.2 Å². The SMILES string of the molecule is Nc1cc(Br)cc(C(=O)OCC2Cc3ccccc3S2)c1. The summed E-state index contributed by atoms with van der Waals surface area (Å²) in [6.45, 7) is 0.407. The number of rotatable bonds is 3. The molecule has 3 rings (SSSR count). The van der Waals surface area contributed by atoms with Gasteiger partial charge in [-0.05, 0) is 36.2 Å². The fraction of sp³-hybridized carbons (Fsp3) is 0.188. The second-order valence-electron chi connectivity index (χ2n) is 4.92. The molecule has 2 N–H and O–H groups in total. The smallest absolute Gasteiger partial charge is 0.338 e. The molecule has 1 atom stereocenters. The second kappa shape index (κ2) is 6.12. The van der Waals surface area contributed by atoms with Gasteiger partial charge >= 0.3 is 5.97 Å². The summed E-state index contributed by atoms with van der Waals surface area (Å²) in [7, 11) is 0. The van der Waals surface area contributed by atoms with Crippen molar-refractivity contribution >= 4 is 39.3 Å². The Bertz CT molecular complexity index is 644. The fourth-order valence-corrected chi connectivity index (χ4v) is 4.06. The minimum absolute atomic E-state index is 0.288. The summed E-state index contributed by atoms with van der Waals surface area (Å²) < 4.78 is 6.19. The Morgan fingerprint density at radius 1 is 1.33 bits per heavy atom. The Balaban J connectivity index is 1.60. The van der Waals surface area contributed by atoms with E-state index in [0.29, 0.717) is 17.9 Å². The molecule has 0 aliphatic carbocycles. The number of hydrogen-bond acceptors (Lipinski definition) is 4. The highest BCUT2D eigenvalue weighted by Gasteiger charge is 2.23. The van der Waals surface area contributed by atoms with Gasteiger partial charge in [-0.2, -0.15) is 0 Å². The van der Waals surface area contributed by atoms with Gasteiger partial charge < -0.3 is 10.5 Å². The third-order valence-corrected chi connectivity index (χ3v) is 5.02. The van der Waals surface area contributed by atoms with Gasteiger partial charge in [-0.1, -0.05) is 34.1 Å². The molecule has 108 valence electrons. The number of ether oxygens (including phenoxy) is 1. The van der Waals surface area contributed by atoms with Gasteiger partial charge in [0.2, 0.25) is 0 Å². The van der Waals surface area contributed by atoms with Gasteiger partial charge in [-0.3, -0.25) is 0 Å². The molecule has 2 aromatic carbocycles. The van der Waals surface area contributed by atoms with Crippen LogP contribution in [0.5, 0.6) is 0 Å². The molecule has 2 aromatic rings. The Labute approximate surface area is 136 Å². The molecule has 0 saturated heterocycles. The summed E-state index contributed by atoms with van der Waals surface area (Å²) in [5.41, 5.74) is 8.08. The maximum atomic E-state index is 12.1. The number of benzene rings is 2. The summed E-state index contributed by atoms with van der Waals surface area (Å²) in [5.74, 6) is -0.334. The third-order valence-electron chi connectivity index (χ3n) is 3.27. The van der Waals surface area contributed by atoms with Crippen LogP contribution >= 0.6 is 27.7 Å². The van der Waals surface area contributed by atoms with E-state index in [2.05, 4.69) is 28.1 Å². The molecule has 5 heteroatoms. The van der Waals surface area contributed by atoms with E-state index in [0.717, 1.165) is 10.9 Å². The number of carbonyl (C=O) groups excluding carboxylic acids is 1. The molecule has 0 radical (unpaired) electrons. The maximum absolute atomic E-state index is 12.1. The molecule has 3 nitrogen and oxygen atoms in total. The van der Waals surface area contributed by atoms with Crippen LogP contribution in [0.4, 0.5) is 5.69 Å². The van der Waals surface area contributed by atoms with Crippen LogP contribution < -0.4 is 5.73 Å². The Hall–Kier alpha value is -1.46. The molecular weight excluding hydrogens is 350 g/mol. The van der Waals surface area contributed by atoms with Crippen molar-refractivity contribution in [3.63, 3.8) is 0 Å². The molecule has 0 spiro atoms. The molecule has 1 aliphatic heterocycles. The van der Waals surface area contributed by atoms with Crippen LogP contribution in [0, 0.1) is 0 Å². The first-order valence-corrected chi connectivity index (χ1v) is 8.27. The van der Waals surface area contributed by atoms with Crippen LogP contribution in [0.15, 0.2) is 51.8 Å². The van der Waals surface area contributed by atoms with E-state index in [9.17, 15) is 4.79 Å². The van der Waals surface area contributed by atoms with Crippen molar-refractivity contribution in [3.8, 4) is 0 Å². The molecule has 21 heavy (non-hydrogen) atoms. The minimum atomic E-state index is -0.334. The zero-order chi connectivity index (χ0) is 14.8. The van der Waals surface area contributed by atoms with E-state index in [4.69, 9.17) is 10.5 Å². The zero-order valence-corrected chi connectivity index (χ0v) is 13.6.